The van der Waals surface area contributed by atoms with Gasteiger partial charge in [-0.25, -0.2) is 4.39 Å². The fraction of sp³-hybridized carbons (Fsp3) is 0.836. The molecule has 0 bridgehead atoms. The molecule has 3 unspecified atom stereocenters. The van der Waals surface area contributed by atoms with Crippen LogP contribution in [0.5, 0.6) is 0 Å². The predicted molar refractivity (Wildman–Crippen MR) is 350 cm³/mol. The maximum atomic E-state index is 15.2. The lowest BCUT2D eigenvalue weighted by Crippen LogP contribution is -2.64. The van der Waals surface area contributed by atoms with Gasteiger partial charge in [-0.1, -0.05) is 67.2 Å². The summed E-state index contributed by atoms with van der Waals surface area (Å²) in [6.45, 7) is 13.9. The van der Waals surface area contributed by atoms with Crippen molar-refractivity contribution in [3.8, 4) is 0 Å². The van der Waals surface area contributed by atoms with E-state index in [0.29, 0.717) is 44.9 Å². The second-order valence-corrected chi connectivity index (χ2v) is 29.7. The third kappa shape index (κ3) is 22.6. The number of halogens is 5. The number of nitrogens with zero attached hydrogens (tertiary/aromatic N) is 7. The number of amides is 11. The molecule has 94 heavy (non-hydrogen) atoms. The van der Waals surface area contributed by atoms with Gasteiger partial charge in [-0.05, 0) is 146 Å². The van der Waals surface area contributed by atoms with Crippen LogP contribution in [0.15, 0.2) is 0 Å². The number of hydrogen-bond donors (Lipinski definition) is 4. The molecule has 0 aromatic rings. The smallest absolute Gasteiger partial charge is 0.343 e. The molecule has 0 radical (unpaired) electrons. The van der Waals surface area contributed by atoms with Gasteiger partial charge < -0.3 is 55.6 Å². The number of likely N-dealkylation sites (N-methyl/N-ethyl adjacent to an activating group) is 7. The highest BCUT2D eigenvalue weighted by Crippen LogP contribution is 2.43. The van der Waals surface area contributed by atoms with Crippen LogP contribution in [-0.4, -0.2) is 234 Å². The number of carbonyl (C=O) groups excluding carboxylic acids is 11. The molecule has 3 saturated carbocycles. The monoisotopic (exact) mass is 1360 g/mol. The van der Waals surface area contributed by atoms with Gasteiger partial charge in [0.25, 0.3) is 0 Å². The largest absolute Gasteiger partial charge is 0.394 e. The van der Waals surface area contributed by atoms with Crippen molar-refractivity contribution >= 4 is 76.6 Å². The Labute approximate surface area is 560 Å². The van der Waals surface area contributed by atoms with Gasteiger partial charge in [0.2, 0.25) is 65.0 Å². The topological polar surface area (TPSA) is 259 Å². The number of rotatable bonds is 12. The fourth-order valence-corrected chi connectivity index (χ4v) is 13.6. The molecular weight excluding hydrogens is 1250 g/mol. The molecule has 0 aromatic carbocycles. The Morgan fingerprint density at radius 2 is 1.14 bits per heavy atom. The van der Waals surface area contributed by atoms with Crippen LogP contribution in [0.3, 0.4) is 0 Å². The van der Waals surface area contributed by atoms with Crippen LogP contribution in [0.4, 0.5) is 17.6 Å². The molecule has 11 amide bonds. The Bertz CT molecular complexity index is 2620. The Hall–Kier alpha value is -5.82. The zero-order valence-corrected chi connectivity index (χ0v) is 59.6. The number of carbonyl (C=O) groups is 11. The Morgan fingerprint density at radius 1 is 0.574 bits per heavy atom. The van der Waals surface area contributed by atoms with Crippen LogP contribution in [0.1, 0.15) is 184 Å². The van der Waals surface area contributed by atoms with Crippen molar-refractivity contribution in [2.45, 2.75) is 250 Å². The van der Waals surface area contributed by atoms with Crippen molar-refractivity contribution in [2.24, 2.45) is 41.4 Å². The maximum Gasteiger partial charge on any atom is 0.394 e. The third-order valence-electron chi connectivity index (χ3n) is 20.4. The summed E-state index contributed by atoms with van der Waals surface area (Å²) in [6, 6.07) is -8.09. The summed E-state index contributed by atoms with van der Waals surface area (Å²) in [5, 5.41) is 11.2. The van der Waals surface area contributed by atoms with E-state index in [4.69, 9.17) is 11.6 Å². The van der Waals surface area contributed by atoms with Gasteiger partial charge in [-0.3, -0.25) is 52.7 Å². The van der Waals surface area contributed by atoms with E-state index in [1.165, 1.54) is 77.9 Å². The molecule has 4 N–H and O–H groups in total. The first-order valence-corrected chi connectivity index (χ1v) is 34.5. The third-order valence-corrected chi connectivity index (χ3v) is 20.9. The molecule has 4 fully saturated rings. The quantitative estimate of drug-likeness (QED) is 0.122. The maximum absolute atomic E-state index is 15.2. The van der Waals surface area contributed by atoms with E-state index in [0.717, 1.165) is 38.9 Å². The van der Waals surface area contributed by atoms with E-state index < -0.39 is 175 Å². The highest BCUT2D eigenvalue weighted by atomic mass is 35.5. The summed E-state index contributed by atoms with van der Waals surface area (Å²) in [7, 11) is 9.90. The average Bonchev–Trinajstić information content (AvgIpc) is 0.821. The minimum atomic E-state index is -4.75. The zero-order chi connectivity index (χ0) is 71.0. The molecule has 1 saturated heterocycles. The lowest BCUT2D eigenvalue weighted by atomic mass is 9.78. The van der Waals surface area contributed by atoms with Gasteiger partial charge >= 0.3 is 6.18 Å². The minimum Gasteiger partial charge on any atom is -0.343 e. The van der Waals surface area contributed by atoms with Crippen molar-refractivity contribution in [1.29, 1.82) is 0 Å². The molecule has 1 aliphatic heterocycles. The first kappa shape index (κ1) is 80.6. The molecule has 1 heterocycles. The summed E-state index contributed by atoms with van der Waals surface area (Å²) >= 11 is 6.48. The molecule has 4 aliphatic rings. The van der Waals surface area contributed by atoms with Crippen molar-refractivity contribution < 1.29 is 70.3 Å². The van der Waals surface area contributed by atoms with Gasteiger partial charge in [0.05, 0.1) is 25.6 Å². The van der Waals surface area contributed by atoms with Crippen molar-refractivity contribution in [3.63, 3.8) is 0 Å². The minimum absolute atomic E-state index is 0.00509. The van der Waals surface area contributed by atoms with Gasteiger partial charge in [0.15, 0.2) is 0 Å². The van der Waals surface area contributed by atoms with Crippen molar-refractivity contribution in [2.75, 3.05) is 69.0 Å². The standard InChI is InChI=1S/C67H112ClF4N11O11/c1-17-41(6)57-63(92)79(12)37-55(86)77(10)38-56(87)82(15)52(35-44-23-27-46(68)28-24-44)62(91)78(11)36-53(84)73-49(30-26-43-25-29-47(48(69)34-43)67(70,71)72)59(88)74-50(31-39(2)3)61(90)83(16)66(8,9)65(94)76-58(45-21-19-18-20-22-45)64(93)80(13)42(7)33-54(85)81(14)51(32-40(4)5)60(89)75-57/h39-52,57-58H,17-38H2,1-16H3,(H,73,84)(H,74,88)(H,75,89)(H,76,94)/t41-,42+,43?,44?,46?,47?,48?,49-,50-,51-,52-,57-,58-/m0/s1. The van der Waals surface area contributed by atoms with Crippen LogP contribution in [-0.2, 0) is 52.7 Å². The lowest BCUT2D eigenvalue weighted by molar-refractivity contribution is -0.201. The molecule has 0 spiro atoms. The first-order valence-electron chi connectivity index (χ1n) is 34.1. The van der Waals surface area contributed by atoms with E-state index in [-0.39, 0.29) is 74.0 Å². The molecule has 0 aromatic heterocycles. The second kappa shape index (κ2) is 36.0. The van der Waals surface area contributed by atoms with Crippen LogP contribution in [0.25, 0.3) is 0 Å². The van der Waals surface area contributed by atoms with Gasteiger partial charge in [-0.15, -0.1) is 11.6 Å². The molecule has 27 heteroatoms. The average molecular weight is 1360 g/mol. The highest BCUT2D eigenvalue weighted by Gasteiger charge is 2.49. The van der Waals surface area contributed by atoms with Gasteiger partial charge in [0.1, 0.15) is 48.0 Å². The molecule has 22 nitrogen and oxygen atoms in total. The Balaban J connectivity index is 1.82. The molecular formula is C67H112ClF4N11O11. The lowest BCUT2D eigenvalue weighted by Gasteiger charge is -2.40. The van der Waals surface area contributed by atoms with E-state index >= 15 is 4.39 Å². The van der Waals surface area contributed by atoms with E-state index in [9.17, 15) is 65.9 Å². The van der Waals surface area contributed by atoms with E-state index in [1.807, 2.05) is 20.8 Å². The predicted octanol–water partition coefficient (Wildman–Crippen LogP) is 6.45. The normalized spacial score (nSPS) is 30.4. The van der Waals surface area contributed by atoms with Crippen molar-refractivity contribution in [1.82, 2.24) is 55.6 Å². The van der Waals surface area contributed by atoms with Crippen LogP contribution in [0, 0.1) is 41.4 Å². The Kier molecular flexibility index (Phi) is 30.8. The van der Waals surface area contributed by atoms with Gasteiger partial charge in [-0.2, -0.15) is 13.2 Å². The molecule has 536 valence electrons. The number of nitrogens with one attached hydrogen (secondary N) is 4. The molecule has 4 rings (SSSR count). The zero-order valence-electron chi connectivity index (χ0n) is 58.8. The number of hydrogen-bond acceptors (Lipinski definition) is 11. The summed E-state index contributed by atoms with van der Waals surface area (Å²) in [6.07, 6.45) is -1.32. The SMILES string of the molecule is CC[C@H](C)[C@@H]1NC(=O)[C@H](CC(C)C)N(C)C(=O)C[C@@H](C)N(C)C(=O)[C@H](C2CCCCC2)NC(=O)C(C)(C)N(C)C(=O)[C@H](CC(C)C)NC(=O)[C@H](CCC2CCC(C(F)(F)F)C(F)C2)NC(=O)CN(C)C(=O)[C@H](CC2CCC(Cl)CC2)N(C)C(=O)CN(C)C(=O)CN(C)C1=O. The van der Waals surface area contributed by atoms with Crippen molar-refractivity contribution in [3.05, 3.63) is 0 Å². The molecule has 3 aliphatic carbocycles. The summed E-state index contributed by atoms with van der Waals surface area (Å²) in [4.78, 5) is 169. The fourth-order valence-electron chi connectivity index (χ4n) is 13.4. The highest BCUT2D eigenvalue weighted by molar-refractivity contribution is 6.20. The van der Waals surface area contributed by atoms with Crippen LogP contribution >= 0.6 is 11.6 Å². The van der Waals surface area contributed by atoms with E-state index in [1.54, 1.807) is 27.7 Å². The summed E-state index contributed by atoms with van der Waals surface area (Å²) < 4.78 is 56.5. The number of alkyl halides is 5. The van der Waals surface area contributed by atoms with E-state index in [2.05, 4.69) is 21.3 Å². The molecule has 11 atom stereocenters. The summed E-state index contributed by atoms with van der Waals surface area (Å²) in [5.74, 6) is -11.3. The van der Waals surface area contributed by atoms with Crippen LogP contribution < -0.4 is 21.3 Å². The Morgan fingerprint density at radius 3 is 1.70 bits per heavy atom. The second-order valence-electron chi connectivity index (χ2n) is 29.1. The van der Waals surface area contributed by atoms with Crippen LogP contribution in [0.2, 0.25) is 0 Å². The van der Waals surface area contributed by atoms with Gasteiger partial charge in [0, 0.05) is 67.2 Å². The first-order chi connectivity index (χ1) is 43.7. The summed E-state index contributed by atoms with van der Waals surface area (Å²) in [5.41, 5.74) is -1.69.